The molecule has 0 aromatic rings. The number of hydrogen-bond acceptors (Lipinski definition) is 4. The van der Waals surface area contributed by atoms with Gasteiger partial charge in [-0.25, -0.2) is 5.84 Å². The van der Waals surface area contributed by atoms with Crippen LogP contribution in [0.2, 0.25) is 0 Å². The van der Waals surface area contributed by atoms with Crippen molar-refractivity contribution in [2.45, 2.75) is 6.92 Å². The third-order valence-corrected chi connectivity index (χ3v) is 2.58. The molecule has 72 valence electrons. The molecule has 0 saturated heterocycles. The van der Waals surface area contributed by atoms with Gasteiger partial charge in [-0.15, -0.1) is 0 Å². The maximum atomic E-state index is 10.9. The zero-order chi connectivity index (χ0) is 9.40. The Morgan fingerprint density at radius 3 is 2.92 bits per heavy atom. The van der Waals surface area contributed by atoms with Crippen molar-refractivity contribution in [3.63, 3.8) is 0 Å². The molecule has 0 fully saturated rings. The standard InChI is InChI=1S/C7H16N2O2S/c1-6(7(10)9-8)5-12-4-3-11-2/h6H,3-5,8H2,1-2H3,(H,9,10). The summed E-state index contributed by atoms with van der Waals surface area (Å²) >= 11 is 1.69. The topological polar surface area (TPSA) is 64.3 Å². The van der Waals surface area contributed by atoms with Crippen molar-refractivity contribution in [3.05, 3.63) is 0 Å². The van der Waals surface area contributed by atoms with Gasteiger partial charge in [0.15, 0.2) is 0 Å². The van der Waals surface area contributed by atoms with E-state index in [-0.39, 0.29) is 11.8 Å². The number of ether oxygens (including phenoxy) is 1. The van der Waals surface area contributed by atoms with Crippen molar-refractivity contribution >= 4 is 17.7 Å². The molecule has 0 radical (unpaired) electrons. The molecule has 0 aromatic carbocycles. The predicted octanol–water partition coefficient (Wildman–Crippen LogP) is -0.00800. The maximum Gasteiger partial charge on any atom is 0.237 e. The molecule has 1 atom stereocenters. The predicted molar refractivity (Wildman–Crippen MR) is 50.7 cm³/mol. The van der Waals surface area contributed by atoms with E-state index in [4.69, 9.17) is 10.6 Å². The second-order valence-electron chi connectivity index (χ2n) is 2.48. The summed E-state index contributed by atoms with van der Waals surface area (Å²) in [6, 6.07) is 0. The Morgan fingerprint density at radius 2 is 2.42 bits per heavy atom. The average Bonchev–Trinajstić information content (AvgIpc) is 2.10. The number of hydrazine groups is 1. The van der Waals surface area contributed by atoms with Crippen molar-refractivity contribution in [1.29, 1.82) is 0 Å². The quantitative estimate of drug-likeness (QED) is 0.269. The van der Waals surface area contributed by atoms with Crippen LogP contribution in [0.15, 0.2) is 0 Å². The molecule has 0 saturated carbocycles. The first-order valence-electron chi connectivity index (χ1n) is 3.79. The van der Waals surface area contributed by atoms with Crippen molar-refractivity contribution in [2.75, 3.05) is 25.2 Å². The molecule has 1 unspecified atom stereocenters. The first-order valence-corrected chi connectivity index (χ1v) is 4.95. The van der Waals surface area contributed by atoms with Crippen molar-refractivity contribution in [1.82, 2.24) is 5.43 Å². The molecule has 0 aliphatic rings. The van der Waals surface area contributed by atoms with Crippen LogP contribution >= 0.6 is 11.8 Å². The van der Waals surface area contributed by atoms with Gasteiger partial charge in [-0.1, -0.05) is 6.92 Å². The second-order valence-corrected chi connectivity index (χ2v) is 3.63. The van der Waals surface area contributed by atoms with Crippen LogP contribution in [-0.4, -0.2) is 31.1 Å². The molecule has 0 heterocycles. The number of hydrogen-bond donors (Lipinski definition) is 2. The van der Waals surface area contributed by atoms with Gasteiger partial charge in [0.2, 0.25) is 5.91 Å². The van der Waals surface area contributed by atoms with Gasteiger partial charge in [-0.3, -0.25) is 10.2 Å². The van der Waals surface area contributed by atoms with Gasteiger partial charge in [0.1, 0.15) is 0 Å². The van der Waals surface area contributed by atoms with Gasteiger partial charge in [-0.05, 0) is 0 Å². The molecule has 12 heavy (non-hydrogen) atoms. The Labute approximate surface area is 77.2 Å². The first-order chi connectivity index (χ1) is 5.72. The lowest BCUT2D eigenvalue weighted by atomic mass is 10.2. The lowest BCUT2D eigenvalue weighted by molar-refractivity contribution is -0.123. The van der Waals surface area contributed by atoms with Gasteiger partial charge in [-0.2, -0.15) is 11.8 Å². The zero-order valence-corrected chi connectivity index (χ0v) is 8.32. The van der Waals surface area contributed by atoms with Crippen LogP contribution in [0.25, 0.3) is 0 Å². The molecular formula is C7H16N2O2S. The van der Waals surface area contributed by atoms with Crippen LogP contribution in [0.1, 0.15) is 6.92 Å². The molecule has 0 aromatic heterocycles. The molecule has 3 N–H and O–H groups in total. The van der Waals surface area contributed by atoms with Gasteiger partial charge in [0, 0.05) is 24.5 Å². The van der Waals surface area contributed by atoms with E-state index < -0.39 is 0 Å². The summed E-state index contributed by atoms with van der Waals surface area (Å²) in [5.74, 6) is 6.53. The summed E-state index contributed by atoms with van der Waals surface area (Å²) in [6.45, 7) is 2.57. The molecule has 1 amide bonds. The molecule has 0 bridgehead atoms. The number of methoxy groups -OCH3 is 1. The lowest BCUT2D eigenvalue weighted by Gasteiger charge is -2.08. The summed E-state index contributed by atoms with van der Waals surface area (Å²) in [5.41, 5.74) is 2.12. The van der Waals surface area contributed by atoms with Gasteiger partial charge in [0.25, 0.3) is 0 Å². The average molecular weight is 192 g/mol. The van der Waals surface area contributed by atoms with Gasteiger partial charge in [0.05, 0.1) is 6.61 Å². The normalized spacial score (nSPS) is 12.6. The molecule has 0 spiro atoms. The molecule has 0 aliphatic heterocycles. The van der Waals surface area contributed by atoms with Gasteiger partial charge >= 0.3 is 0 Å². The fourth-order valence-corrected chi connectivity index (χ4v) is 1.58. The second kappa shape index (κ2) is 7.39. The highest BCUT2D eigenvalue weighted by Gasteiger charge is 2.10. The highest BCUT2D eigenvalue weighted by Crippen LogP contribution is 2.07. The largest absolute Gasteiger partial charge is 0.384 e. The van der Waals surface area contributed by atoms with Gasteiger partial charge < -0.3 is 4.74 Å². The first kappa shape index (κ1) is 11.7. The number of nitrogens with one attached hydrogen (secondary N) is 1. The minimum atomic E-state index is -0.111. The third kappa shape index (κ3) is 5.40. The Bertz CT molecular complexity index is 133. The van der Waals surface area contributed by atoms with E-state index in [0.29, 0.717) is 0 Å². The number of rotatable bonds is 6. The summed E-state index contributed by atoms with van der Waals surface area (Å²) in [7, 11) is 1.66. The summed E-state index contributed by atoms with van der Waals surface area (Å²) < 4.78 is 4.86. The van der Waals surface area contributed by atoms with Crippen LogP contribution in [0.3, 0.4) is 0 Å². The monoisotopic (exact) mass is 192 g/mol. The Morgan fingerprint density at radius 1 is 1.75 bits per heavy atom. The van der Waals surface area contributed by atoms with Crippen LogP contribution in [0.4, 0.5) is 0 Å². The Balaban J connectivity index is 3.31. The van der Waals surface area contributed by atoms with E-state index in [1.54, 1.807) is 18.9 Å². The molecule has 4 nitrogen and oxygen atoms in total. The minimum Gasteiger partial charge on any atom is -0.384 e. The van der Waals surface area contributed by atoms with E-state index in [2.05, 4.69) is 5.43 Å². The number of carbonyl (C=O) groups is 1. The maximum absolute atomic E-state index is 10.9. The zero-order valence-electron chi connectivity index (χ0n) is 7.50. The molecule has 0 rings (SSSR count). The fraction of sp³-hybridized carbons (Fsp3) is 0.857. The summed E-state index contributed by atoms with van der Waals surface area (Å²) in [6.07, 6.45) is 0. The Hall–Kier alpha value is -0.260. The SMILES string of the molecule is COCCSCC(C)C(=O)NN. The van der Waals surface area contributed by atoms with E-state index >= 15 is 0 Å². The summed E-state index contributed by atoms with van der Waals surface area (Å²) in [5, 5.41) is 0. The third-order valence-electron chi connectivity index (χ3n) is 1.39. The van der Waals surface area contributed by atoms with E-state index in [0.717, 1.165) is 18.1 Å². The van der Waals surface area contributed by atoms with Crippen LogP contribution in [-0.2, 0) is 9.53 Å². The fourth-order valence-electron chi connectivity index (χ4n) is 0.620. The number of amides is 1. The lowest BCUT2D eigenvalue weighted by Crippen LogP contribution is -2.35. The molecule has 0 aliphatic carbocycles. The number of nitrogens with two attached hydrogens (primary N) is 1. The Kier molecular flexibility index (Phi) is 7.23. The van der Waals surface area contributed by atoms with Crippen molar-refractivity contribution < 1.29 is 9.53 Å². The molecule has 5 heteroatoms. The van der Waals surface area contributed by atoms with E-state index in [1.165, 1.54) is 0 Å². The molecular weight excluding hydrogens is 176 g/mol. The minimum absolute atomic E-state index is 0.0307. The van der Waals surface area contributed by atoms with Crippen LogP contribution in [0.5, 0.6) is 0 Å². The van der Waals surface area contributed by atoms with Crippen molar-refractivity contribution in [2.24, 2.45) is 11.8 Å². The number of carbonyl (C=O) groups excluding carboxylic acids is 1. The number of thioether (sulfide) groups is 1. The highest BCUT2D eigenvalue weighted by molar-refractivity contribution is 7.99. The van der Waals surface area contributed by atoms with E-state index in [1.807, 2.05) is 6.92 Å². The van der Waals surface area contributed by atoms with Crippen LogP contribution < -0.4 is 11.3 Å². The van der Waals surface area contributed by atoms with Crippen molar-refractivity contribution in [3.8, 4) is 0 Å². The smallest absolute Gasteiger partial charge is 0.237 e. The van der Waals surface area contributed by atoms with E-state index in [9.17, 15) is 4.79 Å². The highest BCUT2D eigenvalue weighted by atomic mass is 32.2. The van der Waals surface area contributed by atoms with Crippen LogP contribution in [0, 0.1) is 5.92 Å². The summed E-state index contributed by atoms with van der Waals surface area (Å²) in [4.78, 5) is 10.9.